The van der Waals surface area contributed by atoms with E-state index < -0.39 is 0 Å². The molecule has 0 nitrogen and oxygen atoms in total. The Labute approximate surface area is 82.7 Å². The first-order valence-electron chi connectivity index (χ1n) is 4.96. The summed E-state index contributed by atoms with van der Waals surface area (Å²) in [6, 6.07) is 0. The van der Waals surface area contributed by atoms with Crippen LogP contribution in [-0.2, 0) is 0 Å². The van der Waals surface area contributed by atoms with Crippen LogP contribution in [0.1, 0.15) is 60.3 Å². The largest absolute Gasteiger partial charge is 0.120 e. The van der Waals surface area contributed by atoms with E-state index in [1.807, 2.05) is 0 Å². The van der Waals surface area contributed by atoms with E-state index >= 15 is 0 Å². The predicted octanol–water partition coefficient (Wildman–Crippen LogP) is 4.61. The molecular formula is C11H23Cl. The van der Waals surface area contributed by atoms with Crippen LogP contribution < -0.4 is 0 Å². The predicted molar refractivity (Wildman–Crippen MR) is 57.9 cm³/mol. The number of hydrogen-bond donors (Lipinski definition) is 0. The van der Waals surface area contributed by atoms with Crippen molar-refractivity contribution in [3.05, 3.63) is 0 Å². The molecule has 0 spiro atoms. The van der Waals surface area contributed by atoms with Crippen molar-refractivity contribution in [2.24, 2.45) is 5.41 Å². The van der Waals surface area contributed by atoms with E-state index in [0.29, 0.717) is 5.41 Å². The minimum atomic E-state index is 0.0298. The second-order valence-corrected chi connectivity index (χ2v) is 6.14. The molecule has 0 amide bonds. The SMILES string of the molecule is CCCC(C)(Cl)CCC(C)(C)C. The van der Waals surface area contributed by atoms with E-state index in [0.717, 1.165) is 12.8 Å². The zero-order valence-corrected chi connectivity index (χ0v) is 9.96. The molecule has 0 aliphatic heterocycles. The maximum atomic E-state index is 6.34. The van der Waals surface area contributed by atoms with Crippen LogP contribution in [-0.4, -0.2) is 4.87 Å². The van der Waals surface area contributed by atoms with Gasteiger partial charge in [-0.1, -0.05) is 34.1 Å². The van der Waals surface area contributed by atoms with Crippen LogP contribution in [0.5, 0.6) is 0 Å². The van der Waals surface area contributed by atoms with Crippen LogP contribution in [0, 0.1) is 5.41 Å². The van der Waals surface area contributed by atoms with Gasteiger partial charge in [-0.25, -0.2) is 0 Å². The van der Waals surface area contributed by atoms with Crippen LogP contribution in [0.3, 0.4) is 0 Å². The summed E-state index contributed by atoms with van der Waals surface area (Å²) in [5, 5.41) is 0. The minimum Gasteiger partial charge on any atom is -0.120 e. The van der Waals surface area contributed by atoms with Gasteiger partial charge in [-0.05, 0) is 31.6 Å². The van der Waals surface area contributed by atoms with Crippen LogP contribution in [0.25, 0.3) is 0 Å². The van der Waals surface area contributed by atoms with Crippen molar-refractivity contribution >= 4 is 11.6 Å². The molecule has 0 radical (unpaired) electrons. The van der Waals surface area contributed by atoms with Crippen LogP contribution in [0.15, 0.2) is 0 Å². The quantitative estimate of drug-likeness (QED) is 0.568. The molecule has 0 bridgehead atoms. The van der Waals surface area contributed by atoms with Gasteiger partial charge in [0.1, 0.15) is 0 Å². The molecule has 0 aliphatic rings. The number of rotatable bonds is 4. The number of alkyl halides is 1. The van der Waals surface area contributed by atoms with Crippen LogP contribution in [0.4, 0.5) is 0 Å². The maximum absolute atomic E-state index is 6.34. The molecule has 0 N–H and O–H groups in total. The molecule has 0 aliphatic carbocycles. The second-order valence-electron chi connectivity index (χ2n) is 5.22. The Morgan fingerprint density at radius 1 is 0.917 bits per heavy atom. The summed E-state index contributed by atoms with van der Waals surface area (Å²) < 4.78 is 0. The first kappa shape index (κ1) is 12.3. The van der Waals surface area contributed by atoms with E-state index in [-0.39, 0.29) is 4.87 Å². The minimum absolute atomic E-state index is 0.0298. The molecule has 0 aromatic heterocycles. The van der Waals surface area contributed by atoms with Gasteiger partial charge in [-0.2, -0.15) is 0 Å². The van der Waals surface area contributed by atoms with Crippen molar-refractivity contribution in [1.29, 1.82) is 0 Å². The Morgan fingerprint density at radius 2 is 1.42 bits per heavy atom. The van der Waals surface area contributed by atoms with E-state index in [2.05, 4.69) is 34.6 Å². The van der Waals surface area contributed by atoms with Crippen molar-refractivity contribution < 1.29 is 0 Å². The van der Waals surface area contributed by atoms with Gasteiger partial charge in [0.2, 0.25) is 0 Å². The number of hydrogen-bond acceptors (Lipinski definition) is 0. The van der Waals surface area contributed by atoms with Crippen molar-refractivity contribution in [2.45, 2.75) is 65.2 Å². The van der Waals surface area contributed by atoms with E-state index in [4.69, 9.17) is 11.6 Å². The molecule has 0 rings (SSSR count). The van der Waals surface area contributed by atoms with Crippen molar-refractivity contribution in [2.75, 3.05) is 0 Å². The molecule has 0 fully saturated rings. The van der Waals surface area contributed by atoms with Crippen LogP contribution in [0.2, 0.25) is 0 Å². The van der Waals surface area contributed by atoms with Gasteiger partial charge in [0.15, 0.2) is 0 Å². The van der Waals surface area contributed by atoms with Gasteiger partial charge >= 0.3 is 0 Å². The lowest BCUT2D eigenvalue weighted by molar-refractivity contribution is 0.334. The van der Waals surface area contributed by atoms with Crippen molar-refractivity contribution in [3.8, 4) is 0 Å². The Balaban J connectivity index is 3.75. The summed E-state index contributed by atoms with van der Waals surface area (Å²) in [6.07, 6.45) is 4.66. The second kappa shape index (κ2) is 4.50. The zero-order chi connectivity index (χ0) is 9.83. The molecule has 0 heterocycles. The molecule has 1 unspecified atom stereocenters. The summed E-state index contributed by atoms with van der Waals surface area (Å²) >= 11 is 6.34. The molecule has 0 aromatic rings. The third-order valence-corrected chi connectivity index (χ3v) is 2.55. The topological polar surface area (TPSA) is 0 Å². The lowest BCUT2D eigenvalue weighted by Crippen LogP contribution is -2.19. The molecule has 0 saturated carbocycles. The van der Waals surface area contributed by atoms with E-state index in [9.17, 15) is 0 Å². The lowest BCUT2D eigenvalue weighted by atomic mass is 9.86. The van der Waals surface area contributed by atoms with Gasteiger partial charge in [-0.15, -0.1) is 11.6 Å². The molecular weight excluding hydrogens is 168 g/mol. The van der Waals surface area contributed by atoms with Crippen molar-refractivity contribution in [3.63, 3.8) is 0 Å². The summed E-state index contributed by atoms with van der Waals surface area (Å²) in [6.45, 7) is 11.2. The average molecular weight is 191 g/mol. The molecule has 0 saturated heterocycles. The first-order valence-corrected chi connectivity index (χ1v) is 5.33. The summed E-state index contributed by atoms with van der Waals surface area (Å²) in [7, 11) is 0. The molecule has 12 heavy (non-hydrogen) atoms. The summed E-state index contributed by atoms with van der Waals surface area (Å²) in [4.78, 5) is 0.0298. The smallest absolute Gasteiger partial charge is 0.0418 e. The standard InChI is InChI=1S/C11H23Cl/c1-6-7-11(5,12)9-8-10(2,3)4/h6-9H2,1-5H3. The van der Waals surface area contributed by atoms with Gasteiger partial charge in [-0.3, -0.25) is 0 Å². The van der Waals surface area contributed by atoms with Gasteiger partial charge in [0.05, 0.1) is 0 Å². The average Bonchev–Trinajstić information content (AvgIpc) is 1.83. The normalized spacial score (nSPS) is 17.5. The summed E-state index contributed by atoms with van der Waals surface area (Å²) in [5.41, 5.74) is 0.421. The van der Waals surface area contributed by atoms with Gasteiger partial charge in [0.25, 0.3) is 0 Å². The highest BCUT2D eigenvalue weighted by Gasteiger charge is 2.22. The fourth-order valence-electron chi connectivity index (χ4n) is 1.28. The van der Waals surface area contributed by atoms with E-state index in [1.54, 1.807) is 0 Å². The highest BCUT2D eigenvalue weighted by atomic mass is 35.5. The zero-order valence-electron chi connectivity index (χ0n) is 9.21. The Hall–Kier alpha value is 0.290. The molecule has 74 valence electrons. The highest BCUT2D eigenvalue weighted by molar-refractivity contribution is 6.23. The van der Waals surface area contributed by atoms with Crippen LogP contribution >= 0.6 is 11.6 Å². The lowest BCUT2D eigenvalue weighted by Gasteiger charge is -2.26. The first-order chi connectivity index (χ1) is 5.27. The molecule has 0 aromatic carbocycles. The fraction of sp³-hybridized carbons (Fsp3) is 1.00. The molecule has 1 atom stereocenters. The highest BCUT2D eigenvalue weighted by Crippen LogP contribution is 2.32. The van der Waals surface area contributed by atoms with Gasteiger partial charge in [0, 0.05) is 4.87 Å². The Bertz CT molecular complexity index is 119. The van der Waals surface area contributed by atoms with Crippen molar-refractivity contribution in [1.82, 2.24) is 0 Å². The third kappa shape index (κ3) is 6.97. The molecule has 1 heteroatoms. The maximum Gasteiger partial charge on any atom is 0.0418 e. The van der Waals surface area contributed by atoms with Gasteiger partial charge < -0.3 is 0 Å². The Kier molecular flexibility index (Phi) is 4.61. The fourth-order valence-corrected chi connectivity index (χ4v) is 1.57. The monoisotopic (exact) mass is 190 g/mol. The Morgan fingerprint density at radius 3 is 1.75 bits per heavy atom. The summed E-state index contributed by atoms with van der Waals surface area (Å²) in [5.74, 6) is 0. The third-order valence-electron chi connectivity index (χ3n) is 2.17. The van der Waals surface area contributed by atoms with E-state index in [1.165, 1.54) is 12.8 Å². The number of halogens is 1.